The second-order valence-electron chi connectivity index (χ2n) is 17.2. The molecule has 0 aromatic rings. The largest absolute Gasteiger partial charge is 0.457 e. The van der Waals surface area contributed by atoms with Gasteiger partial charge >= 0.3 is 5.97 Å². The molecule has 0 saturated heterocycles. The van der Waals surface area contributed by atoms with E-state index in [0.717, 1.165) is 19.3 Å². The van der Waals surface area contributed by atoms with Crippen LogP contribution in [0.4, 0.5) is 0 Å². The number of hydrogen-bond acceptors (Lipinski definition) is 4. The highest BCUT2D eigenvalue weighted by Crippen LogP contribution is 2.16. The summed E-state index contributed by atoms with van der Waals surface area (Å²) in [5.74, 6) is -0.196. The summed E-state index contributed by atoms with van der Waals surface area (Å²) in [4.78, 5) is 12.3. The highest BCUT2D eigenvalue weighted by atomic mass is 16.6. The molecule has 0 aliphatic carbocycles. The van der Waals surface area contributed by atoms with E-state index in [1.807, 2.05) is 0 Å². The molecule has 0 amide bonds. The van der Waals surface area contributed by atoms with Gasteiger partial charge in [-0.1, -0.05) is 251 Å². The molecule has 0 spiro atoms. The summed E-state index contributed by atoms with van der Waals surface area (Å²) in [5.41, 5.74) is 0. The average Bonchev–Trinajstić information content (AvgIpc) is 3.19. The standard InChI is InChI=1S/C51H100O4/c1-3-5-7-9-11-13-15-17-19-21-23-25-27-29-31-33-35-37-39-41-43-45-47-54-49-50(48-52)55-51(53)46-44-42-40-38-36-34-32-30-28-26-24-22-20-18-16-14-12-10-8-6-4-2/h22,24,50,52H,3-21,23,25-49H2,1-2H3/b24-22-. The lowest BCUT2D eigenvalue weighted by Crippen LogP contribution is -2.27. The maximum absolute atomic E-state index is 12.3. The number of esters is 1. The van der Waals surface area contributed by atoms with Crippen LogP contribution in [0.25, 0.3) is 0 Å². The Balaban J connectivity index is 3.35. The third-order valence-electron chi connectivity index (χ3n) is 11.6. The van der Waals surface area contributed by atoms with Crippen molar-refractivity contribution >= 4 is 5.97 Å². The molecule has 0 aromatic heterocycles. The first-order chi connectivity index (χ1) is 27.2. The molecule has 0 heterocycles. The number of rotatable bonds is 48. The molecule has 0 bridgehead atoms. The Morgan fingerprint density at radius 2 is 0.709 bits per heavy atom. The van der Waals surface area contributed by atoms with E-state index in [-0.39, 0.29) is 12.6 Å². The normalized spacial score (nSPS) is 12.3. The fourth-order valence-corrected chi connectivity index (χ4v) is 7.80. The van der Waals surface area contributed by atoms with Gasteiger partial charge < -0.3 is 14.6 Å². The summed E-state index contributed by atoms with van der Waals surface area (Å²) >= 11 is 0. The molecule has 4 heteroatoms. The molecule has 55 heavy (non-hydrogen) atoms. The Labute approximate surface area is 345 Å². The van der Waals surface area contributed by atoms with Crippen LogP contribution < -0.4 is 0 Å². The zero-order chi connectivity index (χ0) is 39.8. The zero-order valence-electron chi connectivity index (χ0n) is 37.7. The van der Waals surface area contributed by atoms with Gasteiger partial charge in [0.1, 0.15) is 6.10 Å². The number of carbonyl (C=O) groups is 1. The van der Waals surface area contributed by atoms with E-state index in [0.29, 0.717) is 19.6 Å². The number of hydrogen-bond donors (Lipinski definition) is 1. The predicted octanol–water partition coefficient (Wildman–Crippen LogP) is 16.9. The van der Waals surface area contributed by atoms with Gasteiger partial charge in [-0.3, -0.25) is 4.79 Å². The molecule has 0 aromatic carbocycles. The first kappa shape index (κ1) is 54.1. The van der Waals surface area contributed by atoms with Crippen LogP contribution in [0.1, 0.15) is 284 Å². The van der Waals surface area contributed by atoms with Gasteiger partial charge in [0.15, 0.2) is 0 Å². The molecule has 0 aliphatic heterocycles. The third-order valence-corrected chi connectivity index (χ3v) is 11.6. The second kappa shape index (κ2) is 49.3. The van der Waals surface area contributed by atoms with Crippen molar-refractivity contribution in [1.29, 1.82) is 0 Å². The fourth-order valence-electron chi connectivity index (χ4n) is 7.80. The monoisotopic (exact) mass is 777 g/mol. The highest BCUT2D eigenvalue weighted by molar-refractivity contribution is 5.69. The summed E-state index contributed by atoms with van der Waals surface area (Å²) in [6.07, 6.45) is 60.2. The van der Waals surface area contributed by atoms with Gasteiger partial charge in [-0.05, 0) is 38.5 Å². The minimum absolute atomic E-state index is 0.166. The third kappa shape index (κ3) is 47.4. The van der Waals surface area contributed by atoms with Crippen LogP contribution in [0.5, 0.6) is 0 Å². The van der Waals surface area contributed by atoms with Crippen LogP contribution in [-0.4, -0.2) is 37.0 Å². The van der Waals surface area contributed by atoms with E-state index < -0.39 is 6.10 Å². The summed E-state index contributed by atoms with van der Waals surface area (Å²) in [7, 11) is 0. The average molecular weight is 777 g/mol. The van der Waals surface area contributed by atoms with Crippen LogP contribution in [0.2, 0.25) is 0 Å². The van der Waals surface area contributed by atoms with Crippen molar-refractivity contribution in [2.24, 2.45) is 0 Å². The zero-order valence-corrected chi connectivity index (χ0v) is 37.7. The van der Waals surface area contributed by atoms with Crippen molar-refractivity contribution in [2.75, 3.05) is 19.8 Å². The Kier molecular flexibility index (Phi) is 48.5. The molecular weight excluding hydrogens is 677 g/mol. The Morgan fingerprint density at radius 1 is 0.418 bits per heavy atom. The van der Waals surface area contributed by atoms with Gasteiger partial charge in [0.2, 0.25) is 0 Å². The minimum atomic E-state index is -0.530. The SMILES string of the molecule is CCCCCCCCCC/C=C\CCCCCCCCCCCC(=O)OC(CO)COCCCCCCCCCCCCCCCCCCCCCCCC. The van der Waals surface area contributed by atoms with Gasteiger partial charge in [-0.15, -0.1) is 0 Å². The van der Waals surface area contributed by atoms with Crippen LogP contribution in [-0.2, 0) is 14.3 Å². The first-order valence-electron chi connectivity index (χ1n) is 25.3. The van der Waals surface area contributed by atoms with E-state index in [2.05, 4.69) is 26.0 Å². The van der Waals surface area contributed by atoms with Crippen molar-refractivity contribution in [3.05, 3.63) is 12.2 Å². The topological polar surface area (TPSA) is 55.8 Å². The number of unbranched alkanes of at least 4 members (excludes halogenated alkanes) is 38. The lowest BCUT2D eigenvalue weighted by Gasteiger charge is -2.16. The Hall–Kier alpha value is -0.870. The van der Waals surface area contributed by atoms with Crippen LogP contribution >= 0.6 is 0 Å². The number of ether oxygens (including phenoxy) is 2. The van der Waals surface area contributed by atoms with Gasteiger partial charge in [0.05, 0.1) is 13.2 Å². The van der Waals surface area contributed by atoms with Crippen LogP contribution in [0.3, 0.4) is 0 Å². The van der Waals surface area contributed by atoms with Crippen LogP contribution in [0, 0.1) is 0 Å². The van der Waals surface area contributed by atoms with Gasteiger partial charge in [0.25, 0.3) is 0 Å². The molecular formula is C51H100O4. The maximum Gasteiger partial charge on any atom is 0.306 e. The molecule has 4 nitrogen and oxygen atoms in total. The van der Waals surface area contributed by atoms with Crippen molar-refractivity contribution in [1.82, 2.24) is 0 Å². The number of aliphatic hydroxyl groups excluding tert-OH is 1. The fraction of sp³-hybridized carbons (Fsp3) is 0.941. The lowest BCUT2D eigenvalue weighted by atomic mass is 10.0. The molecule has 1 atom stereocenters. The van der Waals surface area contributed by atoms with Gasteiger partial charge in [-0.25, -0.2) is 0 Å². The lowest BCUT2D eigenvalue weighted by molar-refractivity contribution is -0.154. The van der Waals surface area contributed by atoms with Gasteiger partial charge in [0, 0.05) is 13.0 Å². The molecule has 328 valence electrons. The van der Waals surface area contributed by atoms with Crippen molar-refractivity contribution < 1.29 is 19.4 Å². The van der Waals surface area contributed by atoms with Crippen molar-refractivity contribution in [3.8, 4) is 0 Å². The predicted molar refractivity (Wildman–Crippen MR) is 242 cm³/mol. The van der Waals surface area contributed by atoms with Gasteiger partial charge in [-0.2, -0.15) is 0 Å². The van der Waals surface area contributed by atoms with Crippen LogP contribution in [0.15, 0.2) is 12.2 Å². The second-order valence-corrected chi connectivity index (χ2v) is 17.2. The molecule has 0 fully saturated rings. The van der Waals surface area contributed by atoms with E-state index in [1.165, 1.54) is 244 Å². The van der Waals surface area contributed by atoms with E-state index >= 15 is 0 Å². The molecule has 0 rings (SSSR count). The van der Waals surface area contributed by atoms with E-state index in [9.17, 15) is 9.90 Å². The molecule has 1 N–H and O–H groups in total. The smallest absolute Gasteiger partial charge is 0.306 e. The molecule has 1 unspecified atom stereocenters. The maximum atomic E-state index is 12.3. The minimum Gasteiger partial charge on any atom is -0.457 e. The number of aliphatic hydroxyl groups is 1. The quantitative estimate of drug-likeness (QED) is 0.0380. The molecule has 0 radical (unpaired) electrons. The van der Waals surface area contributed by atoms with Crippen molar-refractivity contribution in [2.45, 2.75) is 290 Å². The van der Waals surface area contributed by atoms with Crippen molar-refractivity contribution in [3.63, 3.8) is 0 Å². The van der Waals surface area contributed by atoms with E-state index in [4.69, 9.17) is 9.47 Å². The summed E-state index contributed by atoms with van der Waals surface area (Å²) < 4.78 is 11.2. The Morgan fingerprint density at radius 3 is 1.04 bits per heavy atom. The molecule has 0 aliphatic rings. The Bertz CT molecular complexity index is 736. The summed E-state index contributed by atoms with van der Waals surface area (Å²) in [6, 6.07) is 0. The number of allylic oxidation sites excluding steroid dienone is 2. The summed E-state index contributed by atoms with van der Waals surface area (Å²) in [5, 5.41) is 9.64. The highest BCUT2D eigenvalue weighted by Gasteiger charge is 2.13. The first-order valence-corrected chi connectivity index (χ1v) is 25.3. The summed E-state index contributed by atoms with van der Waals surface area (Å²) in [6.45, 7) is 5.40. The molecule has 0 saturated carbocycles. The van der Waals surface area contributed by atoms with E-state index in [1.54, 1.807) is 0 Å². The number of carbonyl (C=O) groups excluding carboxylic acids is 1.